The van der Waals surface area contributed by atoms with Crippen molar-refractivity contribution in [2.45, 2.75) is 117 Å². The maximum absolute atomic E-state index is 2.60. The lowest BCUT2D eigenvalue weighted by atomic mass is 9.57. The van der Waals surface area contributed by atoms with Crippen molar-refractivity contribution < 1.29 is 0 Å². The monoisotopic (exact) mass is 370 g/mol. The molecule has 0 N–H and O–H groups in total. The molecule has 3 aliphatic carbocycles. The molecule has 27 heavy (non-hydrogen) atoms. The van der Waals surface area contributed by atoms with Gasteiger partial charge in [0.2, 0.25) is 0 Å². The molecular formula is C27H46. The van der Waals surface area contributed by atoms with Gasteiger partial charge >= 0.3 is 0 Å². The Balaban J connectivity index is 1.65. The van der Waals surface area contributed by atoms with Crippen LogP contribution in [-0.2, 0) is 0 Å². The summed E-state index contributed by atoms with van der Waals surface area (Å²) in [6, 6.07) is 0. The topological polar surface area (TPSA) is 0 Å². The lowest BCUT2D eigenvalue weighted by molar-refractivity contribution is 0.0201. The van der Waals surface area contributed by atoms with E-state index in [2.05, 4.69) is 38.2 Å². The second kappa shape index (κ2) is 10.9. The summed E-state index contributed by atoms with van der Waals surface area (Å²) in [7, 11) is 0. The van der Waals surface area contributed by atoms with Crippen molar-refractivity contribution in [1.29, 1.82) is 0 Å². The summed E-state index contributed by atoms with van der Waals surface area (Å²) in [6.45, 7) is 4.67. The van der Waals surface area contributed by atoms with Gasteiger partial charge in [0.05, 0.1) is 0 Å². The zero-order valence-corrected chi connectivity index (χ0v) is 18.4. The minimum absolute atomic E-state index is 0.684. The third-order valence-electron chi connectivity index (χ3n) is 8.40. The number of hydrogen-bond donors (Lipinski definition) is 0. The lowest BCUT2D eigenvalue weighted by Crippen LogP contribution is -2.39. The van der Waals surface area contributed by atoms with Gasteiger partial charge in [-0.1, -0.05) is 109 Å². The molecule has 0 nitrogen and oxygen atoms in total. The van der Waals surface area contributed by atoms with Crippen LogP contribution in [0.15, 0.2) is 24.3 Å². The molecule has 5 atom stereocenters. The molecule has 3 aliphatic rings. The fourth-order valence-electron chi connectivity index (χ4n) is 7.08. The Morgan fingerprint density at radius 2 is 1.48 bits per heavy atom. The van der Waals surface area contributed by atoms with E-state index in [9.17, 15) is 0 Å². The van der Waals surface area contributed by atoms with Gasteiger partial charge in [-0.25, -0.2) is 0 Å². The van der Waals surface area contributed by atoms with E-state index in [-0.39, 0.29) is 0 Å². The van der Waals surface area contributed by atoms with Crippen molar-refractivity contribution in [3.8, 4) is 0 Å². The Morgan fingerprint density at radius 1 is 0.778 bits per heavy atom. The van der Waals surface area contributed by atoms with E-state index in [1.54, 1.807) is 0 Å². The van der Waals surface area contributed by atoms with Gasteiger partial charge in [0.1, 0.15) is 0 Å². The lowest BCUT2D eigenvalue weighted by Gasteiger charge is -2.48. The molecular weight excluding hydrogens is 324 g/mol. The van der Waals surface area contributed by atoms with Crippen LogP contribution in [0.5, 0.6) is 0 Å². The van der Waals surface area contributed by atoms with Crippen LogP contribution < -0.4 is 0 Å². The molecule has 0 bridgehead atoms. The van der Waals surface area contributed by atoms with Crippen molar-refractivity contribution in [3.63, 3.8) is 0 Å². The number of unbranched alkanes of at least 4 members (excludes halogenated alkanes) is 8. The van der Waals surface area contributed by atoms with Crippen molar-refractivity contribution in [2.24, 2.45) is 29.1 Å². The van der Waals surface area contributed by atoms with Gasteiger partial charge in [-0.3, -0.25) is 0 Å². The minimum Gasteiger partial charge on any atom is -0.0808 e. The predicted molar refractivity (Wildman–Crippen MR) is 120 cm³/mol. The molecule has 0 aromatic rings. The van der Waals surface area contributed by atoms with E-state index in [0.717, 1.165) is 23.7 Å². The van der Waals surface area contributed by atoms with Gasteiger partial charge in [-0.15, -0.1) is 0 Å². The van der Waals surface area contributed by atoms with Crippen LogP contribution in [-0.4, -0.2) is 0 Å². The van der Waals surface area contributed by atoms with Crippen LogP contribution >= 0.6 is 0 Å². The van der Waals surface area contributed by atoms with Crippen molar-refractivity contribution >= 4 is 0 Å². The molecule has 2 saturated carbocycles. The third-order valence-corrected chi connectivity index (χ3v) is 8.40. The smallest absolute Gasteiger partial charge is 0.0133 e. The molecule has 0 heterocycles. The van der Waals surface area contributed by atoms with Crippen LogP contribution in [0.2, 0.25) is 0 Å². The Kier molecular flexibility index (Phi) is 8.53. The predicted octanol–water partition coefficient (Wildman–Crippen LogP) is 8.87. The van der Waals surface area contributed by atoms with Crippen LogP contribution in [0.4, 0.5) is 0 Å². The number of allylic oxidation sites excluding steroid dienone is 4. The van der Waals surface area contributed by atoms with Gasteiger partial charge in [-0.2, -0.15) is 0 Å². The summed E-state index contributed by atoms with van der Waals surface area (Å²) >= 11 is 0. The molecule has 154 valence electrons. The van der Waals surface area contributed by atoms with Gasteiger partial charge in [0.15, 0.2) is 0 Å². The minimum atomic E-state index is 0.684. The maximum Gasteiger partial charge on any atom is -0.0133 e. The van der Waals surface area contributed by atoms with E-state index in [4.69, 9.17) is 0 Å². The fraction of sp³-hybridized carbons (Fsp3) is 0.852. The molecule has 3 rings (SSSR count). The first-order valence-corrected chi connectivity index (χ1v) is 12.7. The zero-order chi connectivity index (χ0) is 19.0. The highest BCUT2D eigenvalue weighted by Gasteiger charge is 2.55. The number of rotatable bonds is 12. The van der Waals surface area contributed by atoms with E-state index < -0.39 is 0 Å². The number of hydrogen-bond acceptors (Lipinski definition) is 0. The third kappa shape index (κ3) is 5.10. The first kappa shape index (κ1) is 21.2. The Hall–Kier alpha value is -0.520. The largest absolute Gasteiger partial charge is 0.0808 e. The normalized spacial score (nSPS) is 34.6. The quantitative estimate of drug-likeness (QED) is 0.301. The summed E-state index contributed by atoms with van der Waals surface area (Å²) in [5.74, 6) is 3.74. The zero-order valence-electron chi connectivity index (χ0n) is 18.4. The van der Waals surface area contributed by atoms with Crippen LogP contribution in [0.3, 0.4) is 0 Å². The summed E-state index contributed by atoms with van der Waals surface area (Å²) in [5, 5.41) is 0. The second-order valence-electron chi connectivity index (χ2n) is 10.0. The first-order valence-electron chi connectivity index (χ1n) is 12.7. The van der Waals surface area contributed by atoms with E-state index in [1.165, 1.54) is 103 Å². The van der Waals surface area contributed by atoms with Gasteiger partial charge in [0.25, 0.3) is 0 Å². The fourth-order valence-corrected chi connectivity index (χ4v) is 7.08. The van der Waals surface area contributed by atoms with Gasteiger partial charge in [0, 0.05) is 0 Å². The van der Waals surface area contributed by atoms with Crippen LogP contribution in [0.1, 0.15) is 117 Å². The Morgan fingerprint density at radius 3 is 2.26 bits per heavy atom. The highest BCUT2D eigenvalue weighted by atomic mass is 14.6. The molecule has 0 aromatic heterocycles. The molecule has 0 spiro atoms. The van der Waals surface area contributed by atoms with Crippen LogP contribution in [0, 0.1) is 29.1 Å². The molecule has 0 heteroatoms. The molecule has 5 unspecified atom stereocenters. The molecule has 0 aliphatic heterocycles. The summed E-state index contributed by atoms with van der Waals surface area (Å²) in [5.41, 5.74) is 0.684. The van der Waals surface area contributed by atoms with Crippen LogP contribution in [0.25, 0.3) is 0 Å². The average Bonchev–Trinajstić information content (AvgIpc) is 3.03. The van der Waals surface area contributed by atoms with E-state index >= 15 is 0 Å². The second-order valence-corrected chi connectivity index (χ2v) is 10.0. The van der Waals surface area contributed by atoms with E-state index in [0.29, 0.717) is 5.41 Å². The summed E-state index contributed by atoms with van der Waals surface area (Å²) in [4.78, 5) is 0. The molecule has 2 fully saturated rings. The molecule has 0 radical (unpaired) electrons. The standard InChI is InChI=1S/C27H46/c1-3-5-7-9-11-17-24-18-15-20-26-25-19-13-12-16-23(25)22-27(24,26)21-14-10-8-6-4-2/h12-13,16,19,23-26H,3-11,14-15,17-18,20-22H2,1-2H3. The Bertz CT molecular complexity index is 472. The molecule has 0 saturated heterocycles. The average molecular weight is 371 g/mol. The first-order chi connectivity index (χ1) is 13.3. The van der Waals surface area contributed by atoms with Crippen molar-refractivity contribution in [1.82, 2.24) is 0 Å². The maximum atomic E-state index is 2.60. The highest BCUT2D eigenvalue weighted by Crippen LogP contribution is 2.64. The van der Waals surface area contributed by atoms with Crippen molar-refractivity contribution in [2.75, 3.05) is 0 Å². The molecule has 0 aromatic carbocycles. The SMILES string of the molecule is CCCCCCCC1CCCC2C3C=CC=CC3CC12CCCCCCC. The van der Waals surface area contributed by atoms with E-state index in [1.807, 2.05) is 0 Å². The van der Waals surface area contributed by atoms with Gasteiger partial charge < -0.3 is 0 Å². The number of fused-ring (bicyclic) bond motifs is 3. The van der Waals surface area contributed by atoms with Crippen molar-refractivity contribution in [3.05, 3.63) is 24.3 Å². The van der Waals surface area contributed by atoms with Gasteiger partial charge in [-0.05, 0) is 61.2 Å². The highest BCUT2D eigenvalue weighted by molar-refractivity contribution is 5.22. The molecule has 0 amide bonds. The Labute approximate surface area is 170 Å². The summed E-state index contributed by atoms with van der Waals surface area (Å²) in [6.07, 6.45) is 33.5. The summed E-state index contributed by atoms with van der Waals surface area (Å²) < 4.78 is 0.